The summed E-state index contributed by atoms with van der Waals surface area (Å²) in [4.78, 5) is 23.6. The molecule has 0 amide bonds. The van der Waals surface area contributed by atoms with Crippen LogP contribution in [-0.4, -0.2) is 39.5 Å². The molecule has 0 bridgehead atoms. The van der Waals surface area contributed by atoms with E-state index < -0.39 is 18.1 Å². The third-order valence-corrected chi connectivity index (χ3v) is 5.74. The van der Waals surface area contributed by atoms with Gasteiger partial charge in [0, 0.05) is 28.3 Å². The number of carboxylic acid groups (broad SMARTS) is 1. The van der Waals surface area contributed by atoms with Crippen molar-refractivity contribution in [3.05, 3.63) is 58.2 Å². The van der Waals surface area contributed by atoms with Gasteiger partial charge in [0.15, 0.2) is 0 Å². The molecular weight excluding hydrogens is 475 g/mol. The lowest BCUT2D eigenvalue weighted by molar-refractivity contribution is -0.189. The number of aromatic nitrogens is 2. The Morgan fingerprint density at radius 1 is 1.18 bits per heavy atom. The van der Waals surface area contributed by atoms with Crippen LogP contribution in [0.5, 0.6) is 5.75 Å². The summed E-state index contributed by atoms with van der Waals surface area (Å²) < 4.78 is 44.9. The van der Waals surface area contributed by atoms with Crippen molar-refractivity contribution in [3.8, 4) is 28.1 Å². The number of rotatable bonds is 6. The molecule has 0 saturated heterocycles. The van der Waals surface area contributed by atoms with Crippen molar-refractivity contribution < 1.29 is 32.6 Å². The quantitative estimate of drug-likeness (QED) is 0.387. The maximum Gasteiger partial charge on any atom is 0.491 e. The average molecular weight is 494 g/mol. The van der Waals surface area contributed by atoms with E-state index in [1.807, 2.05) is 0 Å². The van der Waals surface area contributed by atoms with Gasteiger partial charge in [0.1, 0.15) is 11.4 Å². The zero-order valence-electron chi connectivity index (χ0n) is 17.7. The molecule has 0 unspecified atom stereocenters. The molecule has 0 radical (unpaired) electrons. The molecule has 4 rings (SSSR count). The SMILES string of the molecule is NCCCn1nc2c(c1C(=O)O)CCc1cc(OC(=O)C(F)(F)F)c(-c3cccc(Cl)c3)cc1-2. The van der Waals surface area contributed by atoms with E-state index in [4.69, 9.17) is 22.1 Å². The van der Waals surface area contributed by atoms with E-state index in [9.17, 15) is 27.9 Å². The maximum absolute atomic E-state index is 12.9. The summed E-state index contributed by atoms with van der Waals surface area (Å²) in [6.07, 6.45) is -4.01. The van der Waals surface area contributed by atoms with Crippen molar-refractivity contribution in [2.75, 3.05) is 6.54 Å². The van der Waals surface area contributed by atoms with Crippen molar-refractivity contribution in [2.45, 2.75) is 32.0 Å². The van der Waals surface area contributed by atoms with Crippen LogP contribution in [0.4, 0.5) is 13.2 Å². The Bertz CT molecular complexity index is 1290. The predicted octanol–water partition coefficient (Wildman–Crippen LogP) is 4.48. The van der Waals surface area contributed by atoms with E-state index in [0.717, 1.165) is 0 Å². The highest BCUT2D eigenvalue weighted by Crippen LogP contribution is 2.42. The maximum atomic E-state index is 12.9. The lowest BCUT2D eigenvalue weighted by atomic mass is 9.86. The van der Waals surface area contributed by atoms with E-state index in [1.54, 1.807) is 24.3 Å². The summed E-state index contributed by atoms with van der Waals surface area (Å²) in [5.74, 6) is -3.74. The first-order chi connectivity index (χ1) is 16.1. The van der Waals surface area contributed by atoms with E-state index in [1.165, 1.54) is 16.8 Å². The van der Waals surface area contributed by atoms with Gasteiger partial charge in [-0.3, -0.25) is 4.68 Å². The number of nitrogens with zero attached hydrogens (tertiary/aromatic N) is 2. The van der Waals surface area contributed by atoms with E-state index in [-0.39, 0.29) is 17.0 Å². The second-order valence-corrected chi connectivity index (χ2v) is 8.19. The van der Waals surface area contributed by atoms with Crippen molar-refractivity contribution >= 4 is 23.5 Å². The number of aryl methyl sites for hydroxylation is 2. The molecule has 1 aliphatic rings. The minimum absolute atomic E-state index is 0.0611. The van der Waals surface area contributed by atoms with Crippen LogP contribution in [0.25, 0.3) is 22.4 Å². The number of aromatic carboxylic acids is 1. The van der Waals surface area contributed by atoms with Crippen LogP contribution >= 0.6 is 11.6 Å². The van der Waals surface area contributed by atoms with Gasteiger partial charge in [-0.2, -0.15) is 18.3 Å². The molecule has 11 heteroatoms. The molecule has 0 fully saturated rings. The summed E-state index contributed by atoms with van der Waals surface area (Å²) in [6.45, 7) is 0.663. The lowest BCUT2D eigenvalue weighted by Gasteiger charge is -2.20. The molecule has 178 valence electrons. The average Bonchev–Trinajstić information content (AvgIpc) is 3.15. The number of hydrogen-bond donors (Lipinski definition) is 2. The highest BCUT2D eigenvalue weighted by atomic mass is 35.5. The van der Waals surface area contributed by atoms with E-state index in [2.05, 4.69) is 5.10 Å². The van der Waals surface area contributed by atoms with Crippen LogP contribution < -0.4 is 10.5 Å². The van der Waals surface area contributed by atoms with Crippen LogP contribution in [-0.2, 0) is 24.2 Å². The molecule has 1 aliphatic carbocycles. The van der Waals surface area contributed by atoms with Crippen LogP contribution in [0.1, 0.15) is 28.0 Å². The van der Waals surface area contributed by atoms with Crippen molar-refractivity contribution in [1.82, 2.24) is 9.78 Å². The molecule has 0 aliphatic heterocycles. The molecular formula is C23H19ClF3N3O4. The second kappa shape index (κ2) is 9.11. The lowest BCUT2D eigenvalue weighted by Crippen LogP contribution is -2.28. The number of carbonyl (C=O) groups is 2. The van der Waals surface area contributed by atoms with Gasteiger partial charge in [0.05, 0.1) is 5.69 Å². The minimum Gasteiger partial charge on any atom is -0.477 e. The first kappa shape index (κ1) is 23.8. The van der Waals surface area contributed by atoms with Gasteiger partial charge in [-0.25, -0.2) is 9.59 Å². The highest BCUT2D eigenvalue weighted by molar-refractivity contribution is 6.30. The zero-order chi connectivity index (χ0) is 24.6. The molecule has 2 aromatic carbocycles. The molecule has 0 atom stereocenters. The van der Waals surface area contributed by atoms with E-state index >= 15 is 0 Å². The predicted molar refractivity (Wildman–Crippen MR) is 118 cm³/mol. The number of benzene rings is 2. The Labute approximate surface area is 196 Å². The number of nitrogens with two attached hydrogens (primary N) is 1. The number of carbonyl (C=O) groups excluding carboxylic acids is 1. The molecule has 1 heterocycles. The smallest absolute Gasteiger partial charge is 0.477 e. The fraction of sp³-hybridized carbons (Fsp3) is 0.261. The summed E-state index contributed by atoms with van der Waals surface area (Å²) in [5.41, 5.74) is 8.34. The third kappa shape index (κ3) is 4.51. The number of hydrogen-bond acceptors (Lipinski definition) is 5. The number of ether oxygens (including phenoxy) is 1. The van der Waals surface area contributed by atoms with Crippen molar-refractivity contribution in [2.24, 2.45) is 5.73 Å². The number of esters is 1. The van der Waals surface area contributed by atoms with Gasteiger partial charge >= 0.3 is 18.1 Å². The largest absolute Gasteiger partial charge is 0.491 e. The number of fused-ring (bicyclic) bond motifs is 3. The number of carboxylic acids is 1. The van der Waals surface area contributed by atoms with E-state index in [0.29, 0.717) is 65.3 Å². The van der Waals surface area contributed by atoms with Crippen LogP contribution in [0.15, 0.2) is 36.4 Å². The highest BCUT2D eigenvalue weighted by Gasteiger charge is 2.42. The first-order valence-electron chi connectivity index (χ1n) is 10.4. The Kier molecular flexibility index (Phi) is 6.37. The summed E-state index contributed by atoms with van der Waals surface area (Å²) in [7, 11) is 0. The normalized spacial score (nSPS) is 12.7. The van der Waals surface area contributed by atoms with Crippen molar-refractivity contribution in [3.63, 3.8) is 0 Å². The third-order valence-electron chi connectivity index (χ3n) is 5.50. The summed E-state index contributed by atoms with van der Waals surface area (Å²) in [5, 5.41) is 14.6. The molecule has 0 saturated carbocycles. The molecule has 34 heavy (non-hydrogen) atoms. The Hall–Kier alpha value is -3.37. The molecule has 3 aromatic rings. The van der Waals surface area contributed by atoms with Gasteiger partial charge in [-0.05, 0) is 61.2 Å². The zero-order valence-corrected chi connectivity index (χ0v) is 18.4. The number of alkyl halides is 3. The fourth-order valence-corrected chi connectivity index (χ4v) is 4.22. The Morgan fingerprint density at radius 2 is 1.94 bits per heavy atom. The minimum atomic E-state index is -5.17. The van der Waals surface area contributed by atoms with Crippen molar-refractivity contribution in [1.29, 1.82) is 0 Å². The van der Waals surface area contributed by atoms with Crippen LogP contribution in [0, 0.1) is 0 Å². The molecule has 3 N–H and O–H groups in total. The number of halogens is 4. The van der Waals surface area contributed by atoms with Gasteiger partial charge in [-0.1, -0.05) is 23.7 Å². The Morgan fingerprint density at radius 3 is 2.59 bits per heavy atom. The topological polar surface area (TPSA) is 107 Å². The second-order valence-electron chi connectivity index (χ2n) is 7.75. The van der Waals surface area contributed by atoms with Gasteiger partial charge in [0.25, 0.3) is 0 Å². The fourth-order valence-electron chi connectivity index (χ4n) is 4.03. The summed E-state index contributed by atoms with van der Waals surface area (Å²) in [6, 6.07) is 9.29. The molecule has 1 aromatic heterocycles. The van der Waals surface area contributed by atoms with Crippen LogP contribution in [0.2, 0.25) is 5.02 Å². The molecule has 7 nitrogen and oxygen atoms in total. The van der Waals surface area contributed by atoms with Gasteiger partial charge < -0.3 is 15.6 Å². The monoisotopic (exact) mass is 493 g/mol. The Balaban J connectivity index is 1.90. The molecule has 0 spiro atoms. The standard InChI is InChI=1S/C23H19ClF3N3O4/c24-14-4-1-3-12(9-14)16-11-17-13(10-18(16)34-22(33)23(25,26)27)5-6-15-19(17)29-30(8-2-7-28)20(15)21(31)32/h1,3-4,9-11H,2,5-8,28H2,(H,31,32). The van der Waals surface area contributed by atoms with Gasteiger partial charge in [-0.15, -0.1) is 0 Å². The summed E-state index contributed by atoms with van der Waals surface area (Å²) >= 11 is 6.08. The first-order valence-corrected chi connectivity index (χ1v) is 10.7. The van der Waals surface area contributed by atoms with Gasteiger partial charge in [0.2, 0.25) is 0 Å². The van der Waals surface area contributed by atoms with Crippen LogP contribution in [0.3, 0.4) is 0 Å².